The van der Waals surface area contributed by atoms with Crippen LogP contribution in [0.1, 0.15) is 48.0 Å². The average molecular weight is 232 g/mol. The lowest BCUT2D eigenvalue weighted by atomic mass is 9.90. The number of benzene rings is 1. The second kappa shape index (κ2) is 5.85. The van der Waals surface area contributed by atoms with Gasteiger partial charge in [-0.2, -0.15) is 0 Å². The van der Waals surface area contributed by atoms with Gasteiger partial charge in [0.05, 0.1) is 6.61 Å². The molecule has 1 aromatic rings. The maximum absolute atomic E-state index is 10.6. The lowest BCUT2D eigenvalue weighted by molar-refractivity contribution is 0.112. The van der Waals surface area contributed by atoms with Crippen molar-refractivity contribution in [3.63, 3.8) is 0 Å². The highest BCUT2D eigenvalue weighted by molar-refractivity contribution is 5.75. The maximum Gasteiger partial charge on any atom is 0.150 e. The third kappa shape index (κ3) is 3.32. The van der Waals surface area contributed by atoms with Crippen molar-refractivity contribution < 1.29 is 9.53 Å². The summed E-state index contributed by atoms with van der Waals surface area (Å²) in [6, 6.07) is 5.60. The van der Waals surface area contributed by atoms with Crippen molar-refractivity contribution in [3.05, 3.63) is 29.3 Å². The molecule has 0 N–H and O–H groups in total. The van der Waals surface area contributed by atoms with E-state index in [1.165, 1.54) is 32.1 Å². The number of carbonyl (C=O) groups is 1. The van der Waals surface area contributed by atoms with Gasteiger partial charge < -0.3 is 4.74 Å². The molecule has 2 nitrogen and oxygen atoms in total. The SMILES string of the molecule is Cc1cc(C=O)ccc1OCC1CCCCC1. The van der Waals surface area contributed by atoms with E-state index in [0.717, 1.165) is 24.2 Å². The van der Waals surface area contributed by atoms with Gasteiger partial charge in [-0.15, -0.1) is 0 Å². The molecular formula is C15H20O2. The van der Waals surface area contributed by atoms with Crippen molar-refractivity contribution in [1.29, 1.82) is 0 Å². The van der Waals surface area contributed by atoms with Crippen LogP contribution in [0.2, 0.25) is 0 Å². The van der Waals surface area contributed by atoms with Gasteiger partial charge in [-0.1, -0.05) is 19.3 Å². The van der Waals surface area contributed by atoms with E-state index < -0.39 is 0 Å². The molecule has 92 valence electrons. The molecule has 0 amide bonds. The average Bonchev–Trinajstić information content (AvgIpc) is 2.38. The molecule has 1 aliphatic carbocycles. The van der Waals surface area contributed by atoms with E-state index in [-0.39, 0.29) is 0 Å². The van der Waals surface area contributed by atoms with Gasteiger partial charge in [0, 0.05) is 5.56 Å². The second-order valence-corrected chi connectivity index (χ2v) is 4.96. The molecule has 2 heteroatoms. The molecule has 0 atom stereocenters. The predicted octanol–water partition coefficient (Wildman–Crippen LogP) is 3.77. The van der Waals surface area contributed by atoms with Crippen molar-refractivity contribution in [3.8, 4) is 5.75 Å². The maximum atomic E-state index is 10.6. The molecule has 0 saturated heterocycles. The Morgan fingerprint density at radius 3 is 2.71 bits per heavy atom. The second-order valence-electron chi connectivity index (χ2n) is 4.96. The molecule has 0 aliphatic heterocycles. The van der Waals surface area contributed by atoms with E-state index in [2.05, 4.69) is 0 Å². The van der Waals surface area contributed by atoms with Crippen LogP contribution in [-0.2, 0) is 0 Å². The Labute approximate surface area is 103 Å². The van der Waals surface area contributed by atoms with Gasteiger partial charge in [-0.25, -0.2) is 0 Å². The van der Waals surface area contributed by atoms with Crippen LogP contribution in [0.25, 0.3) is 0 Å². The van der Waals surface area contributed by atoms with Crippen molar-refractivity contribution >= 4 is 6.29 Å². The third-order valence-electron chi connectivity index (χ3n) is 3.53. The van der Waals surface area contributed by atoms with E-state index >= 15 is 0 Å². The van der Waals surface area contributed by atoms with Gasteiger partial charge in [-0.05, 0) is 49.4 Å². The number of aldehydes is 1. The minimum Gasteiger partial charge on any atom is -0.493 e. The fourth-order valence-corrected chi connectivity index (χ4v) is 2.47. The first-order valence-electron chi connectivity index (χ1n) is 6.48. The lowest BCUT2D eigenvalue weighted by Gasteiger charge is -2.22. The van der Waals surface area contributed by atoms with E-state index in [0.29, 0.717) is 11.5 Å². The van der Waals surface area contributed by atoms with Crippen LogP contribution >= 0.6 is 0 Å². The molecule has 17 heavy (non-hydrogen) atoms. The Balaban J connectivity index is 1.91. The van der Waals surface area contributed by atoms with Gasteiger partial charge in [0.15, 0.2) is 0 Å². The minimum absolute atomic E-state index is 0.715. The van der Waals surface area contributed by atoms with Gasteiger partial charge in [0.25, 0.3) is 0 Å². The summed E-state index contributed by atoms with van der Waals surface area (Å²) in [5, 5.41) is 0. The van der Waals surface area contributed by atoms with Crippen LogP contribution in [0, 0.1) is 12.8 Å². The first-order valence-corrected chi connectivity index (χ1v) is 6.48. The molecule has 0 heterocycles. The fourth-order valence-electron chi connectivity index (χ4n) is 2.47. The zero-order valence-electron chi connectivity index (χ0n) is 10.4. The summed E-state index contributed by atoms with van der Waals surface area (Å²) in [7, 11) is 0. The molecule has 0 bridgehead atoms. The lowest BCUT2D eigenvalue weighted by Crippen LogP contribution is -2.15. The number of hydrogen-bond donors (Lipinski definition) is 0. The van der Waals surface area contributed by atoms with Crippen LogP contribution in [0.15, 0.2) is 18.2 Å². The molecule has 1 saturated carbocycles. The Kier molecular flexibility index (Phi) is 4.18. The molecule has 2 rings (SSSR count). The number of hydrogen-bond acceptors (Lipinski definition) is 2. The highest BCUT2D eigenvalue weighted by Gasteiger charge is 2.14. The molecule has 1 aliphatic rings. The molecule has 0 spiro atoms. The Morgan fingerprint density at radius 2 is 2.06 bits per heavy atom. The third-order valence-corrected chi connectivity index (χ3v) is 3.53. The fraction of sp³-hybridized carbons (Fsp3) is 0.533. The van der Waals surface area contributed by atoms with E-state index in [1.54, 1.807) is 0 Å². The summed E-state index contributed by atoms with van der Waals surface area (Å²) in [5.74, 6) is 1.63. The Bertz CT molecular complexity index is 379. The summed E-state index contributed by atoms with van der Waals surface area (Å²) in [6.45, 7) is 2.81. The largest absolute Gasteiger partial charge is 0.493 e. The van der Waals surface area contributed by atoms with E-state index in [4.69, 9.17) is 4.74 Å². The van der Waals surface area contributed by atoms with Gasteiger partial charge in [0.1, 0.15) is 12.0 Å². The number of aryl methyl sites for hydroxylation is 1. The zero-order valence-corrected chi connectivity index (χ0v) is 10.4. The van der Waals surface area contributed by atoms with Gasteiger partial charge in [-0.3, -0.25) is 4.79 Å². The first kappa shape index (κ1) is 12.2. The van der Waals surface area contributed by atoms with Gasteiger partial charge in [0.2, 0.25) is 0 Å². The molecule has 1 aromatic carbocycles. The number of ether oxygens (including phenoxy) is 1. The smallest absolute Gasteiger partial charge is 0.150 e. The van der Waals surface area contributed by atoms with Crippen molar-refractivity contribution in [2.24, 2.45) is 5.92 Å². The molecular weight excluding hydrogens is 212 g/mol. The Morgan fingerprint density at radius 1 is 1.29 bits per heavy atom. The van der Waals surface area contributed by atoms with Crippen LogP contribution < -0.4 is 4.74 Å². The highest BCUT2D eigenvalue weighted by Crippen LogP contribution is 2.25. The van der Waals surface area contributed by atoms with Crippen molar-refractivity contribution in [2.45, 2.75) is 39.0 Å². The van der Waals surface area contributed by atoms with Gasteiger partial charge >= 0.3 is 0 Å². The summed E-state index contributed by atoms with van der Waals surface area (Å²) in [4.78, 5) is 10.6. The van der Waals surface area contributed by atoms with Crippen LogP contribution in [-0.4, -0.2) is 12.9 Å². The first-order chi connectivity index (χ1) is 8.29. The normalized spacial score (nSPS) is 16.8. The molecule has 0 radical (unpaired) electrons. The Hall–Kier alpha value is -1.31. The summed E-state index contributed by atoms with van der Waals surface area (Å²) < 4.78 is 5.86. The topological polar surface area (TPSA) is 26.3 Å². The summed E-state index contributed by atoms with van der Waals surface area (Å²) >= 11 is 0. The number of rotatable bonds is 4. The molecule has 1 fully saturated rings. The summed E-state index contributed by atoms with van der Waals surface area (Å²) in [5.41, 5.74) is 1.76. The van der Waals surface area contributed by atoms with Crippen molar-refractivity contribution in [1.82, 2.24) is 0 Å². The van der Waals surface area contributed by atoms with Crippen LogP contribution in [0.3, 0.4) is 0 Å². The predicted molar refractivity (Wildman–Crippen MR) is 68.6 cm³/mol. The standard InChI is InChI=1S/C15H20O2/c1-12-9-14(10-16)7-8-15(12)17-11-13-5-3-2-4-6-13/h7-10,13H,2-6,11H2,1H3. The highest BCUT2D eigenvalue weighted by atomic mass is 16.5. The minimum atomic E-state index is 0.715. The molecule has 0 unspecified atom stereocenters. The van der Waals surface area contributed by atoms with Crippen LogP contribution in [0.4, 0.5) is 0 Å². The van der Waals surface area contributed by atoms with Crippen LogP contribution in [0.5, 0.6) is 5.75 Å². The van der Waals surface area contributed by atoms with Crippen molar-refractivity contribution in [2.75, 3.05) is 6.61 Å². The molecule has 0 aromatic heterocycles. The summed E-state index contributed by atoms with van der Waals surface area (Å²) in [6.07, 6.45) is 7.53. The number of carbonyl (C=O) groups excluding carboxylic acids is 1. The van der Waals surface area contributed by atoms with E-state index in [1.807, 2.05) is 25.1 Å². The monoisotopic (exact) mass is 232 g/mol. The quantitative estimate of drug-likeness (QED) is 0.739. The van der Waals surface area contributed by atoms with E-state index in [9.17, 15) is 4.79 Å². The zero-order chi connectivity index (χ0) is 12.1.